The average Bonchev–Trinajstić information content (AvgIpc) is 3.92. The van der Waals surface area contributed by atoms with Crippen molar-refractivity contribution in [3.8, 4) is 0 Å². The number of nitrogens with one attached hydrogen (secondary N) is 4. The molecule has 0 fully saturated rings. The summed E-state index contributed by atoms with van der Waals surface area (Å²) in [6.45, 7) is 9.55. The highest BCUT2D eigenvalue weighted by Crippen LogP contribution is 2.25. The lowest BCUT2D eigenvalue weighted by molar-refractivity contribution is -0.131. The van der Waals surface area contributed by atoms with Gasteiger partial charge in [0.25, 0.3) is 17.7 Å². The molecule has 0 saturated heterocycles. The second kappa shape index (κ2) is 19.8. The predicted octanol–water partition coefficient (Wildman–Crippen LogP) is 1.04. The molecule has 18 nitrogen and oxygen atoms in total. The van der Waals surface area contributed by atoms with E-state index in [2.05, 4.69) is 21.3 Å². The molecule has 3 unspecified atom stereocenters. The van der Waals surface area contributed by atoms with E-state index in [1.54, 1.807) is 70.7 Å². The van der Waals surface area contributed by atoms with Crippen LogP contribution >= 0.6 is 0 Å². The van der Waals surface area contributed by atoms with Crippen LogP contribution in [-0.2, 0) is 36.8 Å². The number of ketones is 2. The van der Waals surface area contributed by atoms with E-state index in [-0.39, 0.29) is 65.1 Å². The number of nitrogen functional groups attached to an aromatic ring is 1. The number of carbonyl (C=O) groups is 8. The molecule has 0 spiro atoms. The summed E-state index contributed by atoms with van der Waals surface area (Å²) in [4.78, 5) is 96.4. The van der Waals surface area contributed by atoms with Crippen LogP contribution in [0.1, 0.15) is 108 Å². The van der Waals surface area contributed by atoms with E-state index < -0.39 is 0 Å². The molecule has 0 aromatic carbocycles. The monoisotopic (exact) mass is 804 g/mol. The maximum atomic E-state index is 12.1. The van der Waals surface area contributed by atoms with Gasteiger partial charge in [-0.15, -0.1) is 0 Å². The molecule has 3 aliphatic heterocycles. The van der Waals surface area contributed by atoms with Gasteiger partial charge in [-0.05, 0) is 57.0 Å². The molecule has 3 aromatic rings. The standard InChI is InChI=1S/C15H21N3O3.C13H17N3O3.C12H18N4O2/c1-4-17(3)14(20)7-12-8-16-15(21)13-6-11(5-10(2)19)9-18(12)13;1-8(17)3-9-4-11-13(19)15-6-10(16(11)7-9)5-12(18)14-2;1-3-15(2)11(17)5-9-6-14-12(18)10-4-8(13)7-16(9)10/h6,9,12H,4-5,7-8H2,1-3H3,(H,16,21);4,7,10H,3,5-6H2,1-2H3,(H,14,18)(H,15,19);4,7,9H,3,5-6,13H2,1-2H3,(H,14,18). The quantitative estimate of drug-likeness (QED) is 0.176. The van der Waals surface area contributed by atoms with Crippen molar-refractivity contribution in [2.24, 2.45) is 0 Å². The first-order valence-corrected chi connectivity index (χ1v) is 19.4. The molecule has 6 heterocycles. The Balaban J connectivity index is 0.000000193. The summed E-state index contributed by atoms with van der Waals surface area (Å²) in [5.41, 5.74) is 9.43. The van der Waals surface area contributed by atoms with Crippen LogP contribution in [-0.4, -0.2) is 124 Å². The maximum absolute atomic E-state index is 12.1. The van der Waals surface area contributed by atoms with Crippen LogP contribution in [0, 0.1) is 0 Å². The number of hydrogen-bond acceptors (Lipinski definition) is 9. The van der Waals surface area contributed by atoms with Gasteiger partial charge in [-0.1, -0.05) is 0 Å². The van der Waals surface area contributed by atoms with Crippen molar-refractivity contribution < 1.29 is 38.4 Å². The molecular formula is C40H56N10O8. The number of hydrogen-bond donors (Lipinski definition) is 5. The SMILES string of the molecule is CCN(C)C(=O)CC1CNC(=O)c2cc(CC(C)=O)cn21.CCN(C)C(=O)CC1CNC(=O)c2cc(N)cn21.CNC(=O)CC1CNC(=O)c2cc(CC(C)=O)cn21. The number of nitrogens with two attached hydrogens (primary N) is 1. The van der Waals surface area contributed by atoms with Gasteiger partial charge >= 0.3 is 0 Å². The van der Waals surface area contributed by atoms with Crippen LogP contribution in [0.2, 0.25) is 0 Å². The molecule has 6 amide bonds. The van der Waals surface area contributed by atoms with Crippen LogP contribution in [0.5, 0.6) is 0 Å². The zero-order valence-corrected chi connectivity index (χ0v) is 34.3. The van der Waals surface area contributed by atoms with Gasteiger partial charge < -0.3 is 50.5 Å². The van der Waals surface area contributed by atoms with Crippen LogP contribution in [0.15, 0.2) is 36.8 Å². The summed E-state index contributed by atoms with van der Waals surface area (Å²) in [5, 5.41) is 10.9. The highest BCUT2D eigenvalue weighted by Gasteiger charge is 2.30. The first-order chi connectivity index (χ1) is 27.4. The molecule has 6 N–H and O–H groups in total. The van der Waals surface area contributed by atoms with E-state index in [9.17, 15) is 38.4 Å². The highest BCUT2D eigenvalue weighted by atomic mass is 16.2. The third-order valence-corrected chi connectivity index (χ3v) is 10.3. The fraction of sp³-hybridized carbons (Fsp3) is 0.500. The number of Topliss-reactive ketones (excluding diaryl/α,β-unsaturated/α-hetero) is 2. The zero-order chi connectivity index (χ0) is 42.8. The van der Waals surface area contributed by atoms with E-state index >= 15 is 0 Å². The number of nitrogens with zero attached hydrogens (tertiary/aromatic N) is 5. The summed E-state index contributed by atoms with van der Waals surface area (Å²) in [6.07, 6.45) is 6.96. The van der Waals surface area contributed by atoms with Gasteiger partial charge in [-0.25, -0.2) is 0 Å². The van der Waals surface area contributed by atoms with E-state index in [0.717, 1.165) is 11.1 Å². The Morgan fingerprint density at radius 1 is 0.655 bits per heavy atom. The lowest BCUT2D eigenvalue weighted by Crippen LogP contribution is -2.40. The predicted molar refractivity (Wildman–Crippen MR) is 215 cm³/mol. The number of amides is 6. The van der Waals surface area contributed by atoms with E-state index in [0.29, 0.717) is 87.6 Å². The van der Waals surface area contributed by atoms with Crippen molar-refractivity contribution in [3.05, 3.63) is 65.0 Å². The van der Waals surface area contributed by atoms with Gasteiger partial charge in [0, 0.05) is 105 Å². The Morgan fingerprint density at radius 2 is 1.02 bits per heavy atom. The molecule has 58 heavy (non-hydrogen) atoms. The summed E-state index contributed by atoms with van der Waals surface area (Å²) in [7, 11) is 5.12. The van der Waals surface area contributed by atoms with Crippen LogP contribution in [0.4, 0.5) is 5.69 Å². The summed E-state index contributed by atoms with van der Waals surface area (Å²) >= 11 is 0. The number of aromatic nitrogens is 3. The van der Waals surface area contributed by atoms with Crippen molar-refractivity contribution in [2.75, 3.05) is 59.6 Å². The largest absolute Gasteiger partial charge is 0.397 e. The Bertz CT molecular complexity index is 2040. The minimum Gasteiger partial charge on any atom is -0.397 e. The number of rotatable bonds is 12. The fourth-order valence-electron chi connectivity index (χ4n) is 6.89. The van der Waals surface area contributed by atoms with Crippen LogP contribution in [0.3, 0.4) is 0 Å². The van der Waals surface area contributed by atoms with Gasteiger partial charge in [0.05, 0.1) is 23.8 Å². The molecule has 6 rings (SSSR count). The Kier molecular flexibility index (Phi) is 15.2. The molecule has 3 atom stereocenters. The van der Waals surface area contributed by atoms with Crippen molar-refractivity contribution in [2.45, 2.75) is 77.9 Å². The second-order valence-corrected chi connectivity index (χ2v) is 14.8. The first kappa shape index (κ1) is 44.5. The minimum atomic E-state index is -0.164. The van der Waals surface area contributed by atoms with Gasteiger partial charge in [0.1, 0.15) is 28.6 Å². The van der Waals surface area contributed by atoms with Crippen molar-refractivity contribution in [1.29, 1.82) is 0 Å². The highest BCUT2D eigenvalue weighted by molar-refractivity contribution is 5.96. The van der Waals surface area contributed by atoms with Crippen molar-refractivity contribution in [1.82, 2.24) is 44.8 Å². The molecule has 3 aliphatic rings. The fourth-order valence-corrected chi connectivity index (χ4v) is 6.89. The average molecular weight is 805 g/mol. The third-order valence-electron chi connectivity index (χ3n) is 10.3. The Labute approximate surface area is 337 Å². The third kappa shape index (κ3) is 11.2. The number of anilines is 1. The summed E-state index contributed by atoms with van der Waals surface area (Å²) < 4.78 is 5.43. The van der Waals surface area contributed by atoms with Crippen molar-refractivity contribution in [3.63, 3.8) is 0 Å². The van der Waals surface area contributed by atoms with Crippen LogP contribution in [0.25, 0.3) is 0 Å². The summed E-state index contributed by atoms with van der Waals surface area (Å²) in [5.74, 6) is -0.320. The first-order valence-electron chi connectivity index (χ1n) is 19.4. The molecule has 314 valence electrons. The molecule has 3 aromatic heterocycles. The Morgan fingerprint density at radius 3 is 1.38 bits per heavy atom. The van der Waals surface area contributed by atoms with E-state index in [4.69, 9.17) is 5.73 Å². The lowest BCUT2D eigenvalue weighted by atomic mass is 10.1. The van der Waals surface area contributed by atoms with Gasteiger partial charge in [0.2, 0.25) is 17.7 Å². The molecular weight excluding hydrogens is 749 g/mol. The maximum Gasteiger partial charge on any atom is 0.268 e. The number of carbonyl (C=O) groups excluding carboxylic acids is 8. The molecule has 0 bridgehead atoms. The minimum absolute atomic E-state index is 0.0474. The smallest absolute Gasteiger partial charge is 0.268 e. The molecule has 18 heteroatoms. The molecule has 0 aliphatic carbocycles. The normalized spacial score (nSPS) is 17.6. The van der Waals surface area contributed by atoms with Gasteiger partial charge in [-0.3, -0.25) is 38.4 Å². The Hall–Kier alpha value is -6.20. The van der Waals surface area contributed by atoms with E-state index in [1.165, 1.54) is 13.8 Å². The topological polar surface area (TPSA) is 232 Å². The molecule has 0 radical (unpaired) electrons. The van der Waals surface area contributed by atoms with Crippen molar-refractivity contribution >= 4 is 52.7 Å². The lowest BCUT2D eigenvalue weighted by Gasteiger charge is -2.27. The van der Waals surface area contributed by atoms with Gasteiger partial charge in [0.15, 0.2) is 0 Å². The second-order valence-electron chi connectivity index (χ2n) is 14.8. The zero-order valence-electron chi connectivity index (χ0n) is 34.3. The number of fused-ring (bicyclic) bond motifs is 3. The van der Waals surface area contributed by atoms with Crippen LogP contribution < -0.4 is 27.0 Å². The summed E-state index contributed by atoms with van der Waals surface area (Å²) in [6, 6.07) is 4.82. The molecule has 0 saturated carbocycles. The van der Waals surface area contributed by atoms with Gasteiger partial charge in [-0.2, -0.15) is 0 Å². The van der Waals surface area contributed by atoms with E-state index in [1.807, 2.05) is 24.6 Å².